The number of hydrogen-bond donors (Lipinski definition) is 2. The molecule has 0 aliphatic heterocycles. The highest BCUT2D eigenvalue weighted by Gasteiger charge is 2.14. The topological polar surface area (TPSA) is 32.3 Å². The number of benzene rings is 1. The first kappa shape index (κ1) is 12.2. The van der Waals surface area contributed by atoms with Crippen LogP contribution in [0.25, 0.3) is 0 Å². The fourth-order valence-electron chi connectivity index (χ4n) is 1.52. The molecule has 0 heterocycles. The van der Waals surface area contributed by atoms with E-state index in [-0.39, 0.29) is 5.54 Å². The van der Waals surface area contributed by atoms with Crippen LogP contribution in [0.5, 0.6) is 0 Å². The summed E-state index contributed by atoms with van der Waals surface area (Å²) in [5.74, 6) is 0. The van der Waals surface area contributed by atoms with Gasteiger partial charge in [0.25, 0.3) is 0 Å². The second kappa shape index (κ2) is 5.29. The molecule has 1 rings (SSSR count). The summed E-state index contributed by atoms with van der Waals surface area (Å²) < 4.78 is 0. The molecular weight excluding hydrogens is 186 g/mol. The summed E-state index contributed by atoms with van der Waals surface area (Å²) in [6.45, 7) is 6.16. The Morgan fingerprint density at radius 2 is 1.80 bits per heavy atom. The standard InChI is InChI=1S/C13H21NO/c1-13(2,3)14-12(15)10-9-11-7-5-4-6-8-11/h4-8,12,14-15H,9-10H2,1-3H3. The maximum absolute atomic E-state index is 9.74. The molecule has 0 spiro atoms. The fourth-order valence-corrected chi connectivity index (χ4v) is 1.52. The van der Waals surface area contributed by atoms with E-state index in [0.717, 1.165) is 12.8 Å². The highest BCUT2D eigenvalue weighted by molar-refractivity contribution is 5.14. The summed E-state index contributed by atoms with van der Waals surface area (Å²) in [5.41, 5.74) is 1.24. The van der Waals surface area contributed by atoms with E-state index in [1.54, 1.807) is 0 Å². The molecule has 2 heteroatoms. The summed E-state index contributed by atoms with van der Waals surface area (Å²) in [6.07, 6.45) is 1.23. The van der Waals surface area contributed by atoms with Gasteiger partial charge in [-0.05, 0) is 39.2 Å². The predicted octanol–water partition coefficient (Wildman–Crippen LogP) is 2.33. The molecule has 15 heavy (non-hydrogen) atoms. The van der Waals surface area contributed by atoms with Gasteiger partial charge in [0.15, 0.2) is 0 Å². The molecule has 1 atom stereocenters. The van der Waals surface area contributed by atoms with Crippen LogP contribution in [0.1, 0.15) is 32.8 Å². The van der Waals surface area contributed by atoms with E-state index in [4.69, 9.17) is 0 Å². The van der Waals surface area contributed by atoms with Crippen molar-refractivity contribution in [1.29, 1.82) is 0 Å². The van der Waals surface area contributed by atoms with Gasteiger partial charge in [-0.3, -0.25) is 5.32 Å². The Morgan fingerprint density at radius 3 is 2.33 bits per heavy atom. The molecule has 1 unspecified atom stereocenters. The van der Waals surface area contributed by atoms with E-state index in [0.29, 0.717) is 0 Å². The van der Waals surface area contributed by atoms with Crippen LogP contribution >= 0.6 is 0 Å². The van der Waals surface area contributed by atoms with Crippen molar-refractivity contribution in [2.45, 2.75) is 45.4 Å². The van der Waals surface area contributed by atoms with Crippen LogP contribution in [0, 0.1) is 0 Å². The molecule has 1 aromatic carbocycles. The zero-order chi connectivity index (χ0) is 11.3. The lowest BCUT2D eigenvalue weighted by atomic mass is 10.1. The van der Waals surface area contributed by atoms with Crippen LogP contribution in [-0.2, 0) is 6.42 Å². The summed E-state index contributed by atoms with van der Waals surface area (Å²) in [5, 5.41) is 12.9. The maximum atomic E-state index is 9.74. The van der Waals surface area contributed by atoms with Gasteiger partial charge in [0.2, 0.25) is 0 Å². The van der Waals surface area contributed by atoms with Gasteiger partial charge in [-0.25, -0.2) is 0 Å². The Labute approximate surface area is 92.3 Å². The number of rotatable bonds is 4. The number of aliphatic hydroxyl groups excluding tert-OH is 1. The molecule has 0 amide bonds. The summed E-state index contributed by atoms with van der Waals surface area (Å²) in [6, 6.07) is 10.2. The van der Waals surface area contributed by atoms with E-state index in [9.17, 15) is 5.11 Å². The van der Waals surface area contributed by atoms with Crippen molar-refractivity contribution in [2.24, 2.45) is 0 Å². The predicted molar refractivity (Wildman–Crippen MR) is 63.7 cm³/mol. The molecule has 1 aromatic rings. The normalized spacial score (nSPS) is 13.9. The number of aliphatic hydroxyl groups is 1. The average molecular weight is 207 g/mol. The monoisotopic (exact) mass is 207 g/mol. The molecule has 0 aliphatic rings. The van der Waals surface area contributed by atoms with Crippen molar-refractivity contribution in [1.82, 2.24) is 5.32 Å². The zero-order valence-electron chi connectivity index (χ0n) is 9.83. The second-order valence-electron chi connectivity index (χ2n) is 4.93. The molecule has 2 nitrogen and oxygen atoms in total. The van der Waals surface area contributed by atoms with Crippen molar-refractivity contribution in [3.63, 3.8) is 0 Å². The Hall–Kier alpha value is -0.860. The van der Waals surface area contributed by atoms with Crippen molar-refractivity contribution >= 4 is 0 Å². The van der Waals surface area contributed by atoms with Gasteiger partial charge in [-0.1, -0.05) is 30.3 Å². The molecule has 0 aliphatic carbocycles. The first-order chi connectivity index (χ1) is 6.97. The van der Waals surface area contributed by atoms with Crippen molar-refractivity contribution in [2.75, 3.05) is 0 Å². The average Bonchev–Trinajstić information content (AvgIpc) is 2.14. The van der Waals surface area contributed by atoms with Crippen LogP contribution in [0.4, 0.5) is 0 Å². The molecule has 0 saturated heterocycles. The molecule has 0 aromatic heterocycles. The molecular formula is C13H21NO. The van der Waals surface area contributed by atoms with Gasteiger partial charge in [0.05, 0.1) is 0 Å². The number of aryl methyl sites for hydroxylation is 1. The highest BCUT2D eigenvalue weighted by atomic mass is 16.3. The maximum Gasteiger partial charge on any atom is 0.105 e. The molecule has 0 fully saturated rings. The largest absolute Gasteiger partial charge is 0.379 e. The number of nitrogens with one attached hydrogen (secondary N) is 1. The van der Waals surface area contributed by atoms with Gasteiger partial charge in [-0.15, -0.1) is 0 Å². The van der Waals surface area contributed by atoms with Crippen LogP contribution in [0.2, 0.25) is 0 Å². The van der Waals surface area contributed by atoms with Crippen molar-refractivity contribution in [3.05, 3.63) is 35.9 Å². The van der Waals surface area contributed by atoms with E-state index in [1.165, 1.54) is 5.56 Å². The van der Waals surface area contributed by atoms with Crippen LogP contribution in [-0.4, -0.2) is 16.9 Å². The van der Waals surface area contributed by atoms with E-state index >= 15 is 0 Å². The highest BCUT2D eigenvalue weighted by Crippen LogP contribution is 2.06. The van der Waals surface area contributed by atoms with Gasteiger partial charge in [-0.2, -0.15) is 0 Å². The molecule has 84 valence electrons. The lowest BCUT2D eigenvalue weighted by molar-refractivity contribution is 0.0980. The Kier molecular flexibility index (Phi) is 4.30. The van der Waals surface area contributed by atoms with Crippen molar-refractivity contribution < 1.29 is 5.11 Å². The smallest absolute Gasteiger partial charge is 0.105 e. The van der Waals surface area contributed by atoms with Gasteiger partial charge >= 0.3 is 0 Å². The minimum absolute atomic E-state index is 0.0316. The summed E-state index contributed by atoms with van der Waals surface area (Å²) in [7, 11) is 0. The lowest BCUT2D eigenvalue weighted by Gasteiger charge is -2.25. The van der Waals surface area contributed by atoms with Crippen LogP contribution < -0.4 is 5.32 Å². The minimum atomic E-state index is -0.426. The van der Waals surface area contributed by atoms with Crippen LogP contribution in [0.15, 0.2) is 30.3 Å². The Morgan fingerprint density at radius 1 is 1.20 bits per heavy atom. The van der Waals surface area contributed by atoms with Gasteiger partial charge in [0, 0.05) is 5.54 Å². The molecule has 0 radical (unpaired) electrons. The lowest BCUT2D eigenvalue weighted by Crippen LogP contribution is -2.43. The molecule has 0 saturated carbocycles. The molecule has 2 N–H and O–H groups in total. The SMILES string of the molecule is CC(C)(C)NC(O)CCc1ccccc1. The zero-order valence-corrected chi connectivity index (χ0v) is 9.83. The van der Waals surface area contributed by atoms with Crippen molar-refractivity contribution in [3.8, 4) is 0 Å². The first-order valence-corrected chi connectivity index (χ1v) is 5.47. The summed E-state index contributed by atoms with van der Waals surface area (Å²) in [4.78, 5) is 0. The summed E-state index contributed by atoms with van der Waals surface area (Å²) >= 11 is 0. The first-order valence-electron chi connectivity index (χ1n) is 5.47. The fraction of sp³-hybridized carbons (Fsp3) is 0.538. The van der Waals surface area contributed by atoms with Gasteiger partial charge < -0.3 is 5.11 Å². The third kappa shape index (κ3) is 5.55. The van der Waals surface area contributed by atoms with Gasteiger partial charge in [0.1, 0.15) is 6.23 Å². The second-order valence-corrected chi connectivity index (χ2v) is 4.93. The van der Waals surface area contributed by atoms with E-state index in [1.807, 2.05) is 18.2 Å². The molecule has 0 bridgehead atoms. The minimum Gasteiger partial charge on any atom is -0.379 e. The number of hydrogen-bond acceptors (Lipinski definition) is 2. The Bertz CT molecular complexity index is 276. The van der Waals surface area contributed by atoms with Crippen LogP contribution in [0.3, 0.4) is 0 Å². The quantitative estimate of drug-likeness (QED) is 0.743. The third-order valence-electron chi connectivity index (χ3n) is 2.15. The third-order valence-corrected chi connectivity index (χ3v) is 2.15. The van der Waals surface area contributed by atoms with E-state index in [2.05, 4.69) is 38.2 Å². The van der Waals surface area contributed by atoms with E-state index < -0.39 is 6.23 Å². The Balaban J connectivity index is 2.32.